The second-order valence-corrected chi connectivity index (χ2v) is 6.18. The first-order valence-corrected chi connectivity index (χ1v) is 7.73. The number of carbonyl (C=O) groups is 1. The zero-order valence-corrected chi connectivity index (χ0v) is 11.5. The summed E-state index contributed by atoms with van der Waals surface area (Å²) in [5, 5.41) is 3.43. The maximum absolute atomic E-state index is 10.4. The summed E-state index contributed by atoms with van der Waals surface area (Å²) in [5.74, 6) is 2.41. The molecule has 18 heavy (non-hydrogen) atoms. The van der Waals surface area contributed by atoms with Gasteiger partial charge in [0, 0.05) is 19.2 Å². The van der Waals surface area contributed by atoms with Gasteiger partial charge in [-0.05, 0) is 37.2 Å². The minimum atomic E-state index is -0.704. The van der Waals surface area contributed by atoms with Crippen LogP contribution in [0.1, 0.15) is 25.7 Å². The lowest BCUT2D eigenvalue weighted by atomic mass is 9.85. The molecule has 0 saturated carbocycles. The second kappa shape index (κ2) is 6.63. The number of amides is 1. The Morgan fingerprint density at radius 2 is 2.28 bits per heavy atom. The summed E-state index contributed by atoms with van der Waals surface area (Å²) in [6, 6.07) is 0.471. The Balaban J connectivity index is 1.71. The third-order valence-electron chi connectivity index (χ3n) is 3.68. The van der Waals surface area contributed by atoms with Crippen LogP contribution in [-0.2, 0) is 9.47 Å². The van der Waals surface area contributed by atoms with Gasteiger partial charge in [-0.15, -0.1) is 0 Å². The van der Waals surface area contributed by atoms with E-state index in [9.17, 15) is 4.79 Å². The summed E-state index contributed by atoms with van der Waals surface area (Å²) in [6.45, 7) is 1.84. The molecule has 0 bridgehead atoms. The largest absolute Gasteiger partial charge is 0.448 e. The third kappa shape index (κ3) is 4.03. The average Bonchev–Trinajstić information content (AvgIpc) is 2.36. The molecule has 0 aromatic rings. The number of nitrogens with two attached hydrogens (primary N) is 1. The van der Waals surface area contributed by atoms with E-state index in [0.717, 1.165) is 32.3 Å². The standard InChI is InChI=1S/C12H22N2O3S/c13-11(15)16-6-4-14-10-1-5-17-12(9-10)2-7-18-8-3-12/h10,14H,1-9H2,(H2,13,15). The molecule has 1 unspecified atom stereocenters. The number of primary amides is 1. The van der Waals surface area contributed by atoms with Crippen molar-refractivity contribution in [2.75, 3.05) is 31.3 Å². The van der Waals surface area contributed by atoms with Crippen LogP contribution in [0.25, 0.3) is 0 Å². The van der Waals surface area contributed by atoms with E-state index in [4.69, 9.17) is 15.2 Å². The normalized spacial score (nSPS) is 27.0. The van der Waals surface area contributed by atoms with Crippen LogP contribution in [0.3, 0.4) is 0 Å². The van der Waals surface area contributed by atoms with Gasteiger partial charge in [0.2, 0.25) is 0 Å². The predicted octanol–water partition coefficient (Wildman–Crippen LogP) is 1.12. The first-order chi connectivity index (χ1) is 8.70. The van der Waals surface area contributed by atoms with Gasteiger partial charge in [-0.25, -0.2) is 4.79 Å². The smallest absolute Gasteiger partial charge is 0.404 e. The van der Waals surface area contributed by atoms with Crippen molar-refractivity contribution in [2.45, 2.75) is 37.3 Å². The summed E-state index contributed by atoms with van der Waals surface area (Å²) >= 11 is 2.02. The van der Waals surface area contributed by atoms with Gasteiger partial charge in [-0.3, -0.25) is 0 Å². The molecule has 104 valence electrons. The van der Waals surface area contributed by atoms with Crippen LogP contribution < -0.4 is 11.1 Å². The molecule has 0 radical (unpaired) electrons. The number of rotatable bonds is 4. The molecule has 1 atom stereocenters. The molecule has 0 aliphatic carbocycles. The number of hydrogen-bond acceptors (Lipinski definition) is 5. The molecule has 1 spiro atoms. The molecule has 3 N–H and O–H groups in total. The fourth-order valence-corrected chi connectivity index (χ4v) is 3.95. The van der Waals surface area contributed by atoms with E-state index >= 15 is 0 Å². The molecule has 2 saturated heterocycles. The van der Waals surface area contributed by atoms with Gasteiger partial charge in [0.05, 0.1) is 5.60 Å². The number of hydrogen-bond donors (Lipinski definition) is 2. The summed E-state index contributed by atoms with van der Waals surface area (Å²) < 4.78 is 10.7. The molecule has 0 aromatic carbocycles. The zero-order chi connectivity index (χ0) is 12.8. The Kier molecular flexibility index (Phi) is 5.14. The van der Waals surface area contributed by atoms with E-state index < -0.39 is 6.09 Å². The molecule has 2 heterocycles. The molecule has 2 aliphatic rings. The van der Waals surface area contributed by atoms with E-state index in [1.54, 1.807) is 0 Å². The van der Waals surface area contributed by atoms with Crippen molar-refractivity contribution in [1.29, 1.82) is 0 Å². The lowest BCUT2D eigenvalue weighted by Gasteiger charge is -2.43. The Labute approximate surface area is 112 Å². The van der Waals surface area contributed by atoms with Gasteiger partial charge in [-0.2, -0.15) is 11.8 Å². The fourth-order valence-electron chi connectivity index (χ4n) is 2.71. The quantitative estimate of drug-likeness (QED) is 0.751. The number of ether oxygens (including phenoxy) is 2. The highest BCUT2D eigenvalue weighted by atomic mass is 32.2. The molecule has 0 aromatic heterocycles. The number of nitrogens with one attached hydrogen (secondary N) is 1. The molecule has 2 rings (SSSR count). The molecule has 1 amide bonds. The van der Waals surface area contributed by atoms with Gasteiger partial charge in [-0.1, -0.05) is 0 Å². The first kappa shape index (κ1) is 14.0. The highest BCUT2D eigenvalue weighted by Gasteiger charge is 2.38. The van der Waals surface area contributed by atoms with Crippen LogP contribution >= 0.6 is 11.8 Å². The highest BCUT2D eigenvalue weighted by molar-refractivity contribution is 7.99. The summed E-state index contributed by atoms with van der Waals surface area (Å²) in [6.07, 6.45) is 3.72. The van der Waals surface area contributed by atoms with Crippen LogP contribution in [0.4, 0.5) is 4.79 Å². The lowest BCUT2D eigenvalue weighted by Crippen LogP contribution is -2.49. The van der Waals surface area contributed by atoms with Crippen LogP contribution in [-0.4, -0.2) is 49.0 Å². The minimum absolute atomic E-state index is 0.103. The Hall–Kier alpha value is -0.460. The van der Waals surface area contributed by atoms with Crippen LogP contribution in [0.5, 0.6) is 0 Å². The van der Waals surface area contributed by atoms with Gasteiger partial charge in [0.25, 0.3) is 0 Å². The van der Waals surface area contributed by atoms with Crippen LogP contribution in [0.15, 0.2) is 0 Å². The van der Waals surface area contributed by atoms with Crippen molar-refractivity contribution in [3.05, 3.63) is 0 Å². The van der Waals surface area contributed by atoms with Gasteiger partial charge in [0.1, 0.15) is 6.61 Å². The van der Waals surface area contributed by atoms with Crippen molar-refractivity contribution in [1.82, 2.24) is 5.32 Å². The van der Waals surface area contributed by atoms with E-state index in [-0.39, 0.29) is 5.60 Å². The first-order valence-electron chi connectivity index (χ1n) is 6.58. The fraction of sp³-hybridized carbons (Fsp3) is 0.917. The number of thioether (sulfide) groups is 1. The van der Waals surface area contributed by atoms with Gasteiger partial charge in [0.15, 0.2) is 0 Å². The van der Waals surface area contributed by atoms with Crippen molar-refractivity contribution >= 4 is 17.9 Å². The lowest BCUT2D eigenvalue weighted by molar-refractivity contribution is -0.0933. The molecule has 2 aliphatic heterocycles. The topological polar surface area (TPSA) is 73.6 Å². The van der Waals surface area contributed by atoms with E-state index in [1.807, 2.05) is 11.8 Å². The predicted molar refractivity (Wildman–Crippen MR) is 71.8 cm³/mol. The van der Waals surface area contributed by atoms with E-state index in [0.29, 0.717) is 19.2 Å². The Morgan fingerprint density at radius 3 is 3.00 bits per heavy atom. The zero-order valence-electron chi connectivity index (χ0n) is 10.7. The Bertz CT molecular complexity index is 277. The van der Waals surface area contributed by atoms with Crippen molar-refractivity contribution in [3.63, 3.8) is 0 Å². The highest BCUT2D eigenvalue weighted by Crippen LogP contribution is 2.37. The summed E-state index contributed by atoms with van der Waals surface area (Å²) in [5.41, 5.74) is 5.02. The minimum Gasteiger partial charge on any atom is -0.448 e. The van der Waals surface area contributed by atoms with E-state index in [2.05, 4.69) is 5.32 Å². The summed E-state index contributed by atoms with van der Waals surface area (Å²) in [7, 11) is 0. The van der Waals surface area contributed by atoms with Gasteiger partial charge < -0.3 is 20.5 Å². The molecular formula is C12H22N2O3S. The average molecular weight is 274 g/mol. The SMILES string of the molecule is NC(=O)OCCNC1CCOC2(CCSCC2)C1. The van der Waals surface area contributed by atoms with Crippen molar-refractivity contribution in [2.24, 2.45) is 5.73 Å². The van der Waals surface area contributed by atoms with Crippen molar-refractivity contribution in [3.8, 4) is 0 Å². The Morgan fingerprint density at radius 1 is 1.50 bits per heavy atom. The molecule has 2 fully saturated rings. The summed E-state index contributed by atoms with van der Waals surface area (Å²) in [4.78, 5) is 10.4. The van der Waals surface area contributed by atoms with Crippen LogP contribution in [0, 0.1) is 0 Å². The van der Waals surface area contributed by atoms with Crippen molar-refractivity contribution < 1.29 is 14.3 Å². The number of carbonyl (C=O) groups excluding carboxylic acids is 1. The van der Waals surface area contributed by atoms with Gasteiger partial charge >= 0.3 is 6.09 Å². The molecule has 5 nitrogen and oxygen atoms in total. The maximum atomic E-state index is 10.4. The second-order valence-electron chi connectivity index (χ2n) is 4.96. The molecule has 6 heteroatoms. The monoisotopic (exact) mass is 274 g/mol. The van der Waals surface area contributed by atoms with Crippen LogP contribution in [0.2, 0.25) is 0 Å². The third-order valence-corrected chi connectivity index (χ3v) is 4.66. The van der Waals surface area contributed by atoms with E-state index in [1.165, 1.54) is 11.5 Å². The maximum Gasteiger partial charge on any atom is 0.404 e. The molecular weight excluding hydrogens is 252 g/mol.